The number of benzene rings is 2. The molecule has 0 aromatic heterocycles. The molecule has 25 heavy (non-hydrogen) atoms. The zero-order chi connectivity index (χ0) is 17.9. The second-order valence-electron chi connectivity index (χ2n) is 6.18. The Kier molecular flexibility index (Phi) is 7.95. The first-order chi connectivity index (χ1) is 12.1. The Labute approximate surface area is 150 Å². The molecule has 1 amide bonds. The molecule has 0 unspecified atom stereocenters. The number of rotatable bonds is 10. The molecule has 0 atom stereocenters. The van der Waals surface area contributed by atoms with E-state index in [0.717, 1.165) is 36.5 Å². The Morgan fingerprint density at radius 2 is 1.76 bits per heavy atom. The van der Waals surface area contributed by atoms with Crippen molar-refractivity contribution in [2.45, 2.75) is 13.0 Å². The van der Waals surface area contributed by atoms with Crippen molar-refractivity contribution in [3.05, 3.63) is 60.2 Å². The van der Waals surface area contributed by atoms with Crippen LogP contribution >= 0.6 is 0 Å². The van der Waals surface area contributed by atoms with Crippen LogP contribution in [0, 0.1) is 0 Å². The molecule has 0 heterocycles. The molecular weight excluding hydrogens is 314 g/mol. The lowest BCUT2D eigenvalue weighted by Gasteiger charge is -2.10. The van der Waals surface area contributed by atoms with Gasteiger partial charge in [-0.3, -0.25) is 4.79 Å². The molecule has 0 fully saturated rings. The van der Waals surface area contributed by atoms with E-state index >= 15 is 0 Å². The molecule has 134 valence electrons. The average Bonchev–Trinajstić information content (AvgIpc) is 2.61. The summed E-state index contributed by atoms with van der Waals surface area (Å²) in [4.78, 5) is 14.0. The molecule has 2 N–H and O–H groups in total. The van der Waals surface area contributed by atoms with Crippen molar-refractivity contribution in [1.29, 1.82) is 0 Å². The number of anilines is 1. The van der Waals surface area contributed by atoms with Crippen molar-refractivity contribution in [1.82, 2.24) is 10.2 Å². The van der Waals surface area contributed by atoms with Gasteiger partial charge in [0.05, 0.1) is 6.54 Å². The summed E-state index contributed by atoms with van der Waals surface area (Å²) in [5.74, 6) is 0.742. The molecule has 0 aliphatic carbocycles. The highest BCUT2D eigenvalue weighted by Crippen LogP contribution is 2.17. The molecule has 2 rings (SSSR count). The van der Waals surface area contributed by atoms with Crippen LogP contribution in [-0.4, -0.2) is 44.5 Å². The van der Waals surface area contributed by atoms with Crippen LogP contribution in [0.2, 0.25) is 0 Å². The third kappa shape index (κ3) is 7.83. The molecule has 2 aromatic rings. The lowest BCUT2D eigenvalue weighted by Crippen LogP contribution is -2.30. The van der Waals surface area contributed by atoms with E-state index in [4.69, 9.17) is 4.74 Å². The molecule has 0 aliphatic heterocycles. The average molecular weight is 341 g/mol. The van der Waals surface area contributed by atoms with Crippen molar-refractivity contribution < 1.29 is 9.53 Å². The maximum Gasteiger partial charge on any atom is 0.238 e. The number of carbonyl (C=O) groups is 1. The first-order valence-electron chi connectivity index (χ1n) is 8.55. The third-order valence-electron chi connectivity index (χ3n) is 3.63. The van der Waals surface area contributed by atoms with Gasteiger partial charge in [0, 0.05) is 5.69 Å². The van der Waals surface area contributed by atoms with Crippen LogP contribution < -0.4 is 15.4 Å². The fourth-order valence-electron chi connectivity index (χ4n) is 2.30. The quantitative estimate of drug-likeness (QED) is 0.653. The molecule has 0 spiro atoms. The van der Waals surface area contributed by atoms with Gasteiger partial charge in [-0.25, -0.2) is 0 Å². The van der Waals surface area contributed by atoms with E-state index in [1.165, 1.54) is 0 Å². The Morgan fingerprint density at radius 3 is 2.44 bits per heavy atom. The van der Waals surface area contributed by atoms with Crippen LogP contribution in [0.1, 0.15) is 12.0 Å². The predicted octanol–water partition coefficient (Wildman–Crippen LogP) is 2.75. The number of hydrogen-bond acceptors (Lipinski definition) is 4. The molecular formula is C20H27N3O2. The van der Waals surface area contributed by atoms with Crippen molar-refractivity contribution in [3.8, 4) is 5.75 Å². The summed E-state index contributed by atoms with van der Waals surface area (Å²) in [5.41, 5.74) is 1.90. The first-order valence-corrected chi connectivity index (χ1v) is 8.55. The van der Waals surface area contributed by atoms with Gasteiger partial charge in [0.2, 0.25) is 5.91 Å². The van der Waals surface area contributed by atoms with Gasteiger partial charge in [0.25, 0.3) is 0 Å². The molecule has 0 saturated heterocycles. The summed E-state index contributed by atoms with van der Waals surface area (Å²) in [6.07, 6.45) is 1.02. The zero-order valence-electron chi connectivity index (χ0n) is 15.0. The molecule has 2 aromatic carbocycles. The predicted molar refractivity (Wildman–Crippen MR) is 102 cm³/mol. The maximum atomic E-state index is 11.9. The van der Waals surface area contributed by atoms with Crippen LogP contribution in [0.15, 0.2) is 54.6 Å². The SMILES string of the molecule is CN(C)CCCNCC(=O)Nc1ccc(OCc2ccccc2)cc1. The summed E-state index contributed by atoms with van der Waals surface area (Å²) in [6, 6.07) is 17.5. The fraction of sp³-hybridized carbons (Fsp3) is 0.350. The smallest absolute Gasteiger partial charge is 0.238 e. The zero-order valence-corrected chi connectivity index (χ0v) is 15.0. The summed E-state index contributed by atoms with van der Waals surface area (Å²) >= 11 is 0. The van der Waals surface area contributed by atoms with Gasteiger partial charge < -0.3 is 20.3 Å². The number of nitrogens with one attached hydrogen (secondary N) is 2. The monoisotopic (exact) mass is 341 g/mol. The molecule has 0 saturated carbocycles. The molecule has 5 nitrogen and oxygen atoms in total. The van der Waals surface area contributed by atoms with Gasteiger partial charge in [-0.1, -0.05) is 30.3 Å². The van der Waals surface area contributed by atoms with Crippen LogP contribution in [0.25, 0.3) is 0 Å². The summed E-state index contributed by atoms with van der Waals surface area (Å²) < 4.78 is 5.73. The number of ether oxygens (including phenoxy) is 1. The van der Waals surface area contributed by atoms with Crippen molar-refractivity contribution in [2.75, 3.05) is 39.0 Å². The summed E-state index contributed by atoms with van der Waals surface area (Å²) in [6.45, 7) is 2.69. The minimum Gasteiger partial charge on any atom is -0.489 e. The van der Waals surface area contributed by atoms with Crippen molar-refractivity contribution >= 4 is 11.6 Å². The standard InChI is InChI=1S/C20H27N3O2/c1-23(2)14-6-13-21-15-20(24)22-18-9-11-19(12-10-18)25-16-17-7-4-3-5-8-17/h3-5,7-12,21H,6,13-16H2,1-2H3,(H,22,24). The topological polar surface area (TPSA) is 53.6 Å². The number of hydrogen-bond donors (Lipinski definition) is 2. The Hall–Kier alpha value is -2.37. The van der Waals surface area contributed by atoms with E-state index in [0.29, 0.717) is 13.2 Å². The minimum absolute atomic E-state index is 0.0391. The highest BCUT2D eigenvalue weighted by atomic mass is 16.5. The fourth-order valence-corrected chi connectivity index (χ4v) is 2.30. The van der Waals surface area contributed by atoms with Crippen LogP contribution in [0.4, 0.5) is 5.69 Å². The van der Waals surface area contributed by atoms with Gasteiger partial charge in [0.15, 0.2) is 0 Å². The van der Waals surface area contributed by atoms with E-state index in [1.807, 2.05) is 68.7 Å². The second kappa shape index (κ2) is 10.5. The Balaban J connectivity index is 1.68. The molecule has 5 heteroatoms. The van der Waals surface area contributed by atoms with E-state index in [2.05, 4.69) is 15.5 Å². The minimum atomic E-state index is -0.0391. The molecule has 0 bridgehead atoms. The highest BCUT2D eigenvalue weighted by Gasteiger charge is 2.02. The second-order valence-corrected chi connectivity index (χ2v) is 6.18. The van der Waals surface area contributed by atoms with Gasteiger partial charge in [-0.15, -0.1) is 0 Å². The number of amides is 1. The number of nitrogens with zero attached hydrogens (tertiary/aromatic N) is 1. The van der Waals surface area contributed by atoms with Crippen LogP contribution in [0.5, 0.6) is 5.75 Å². The van der Waals surface area contributed by atoms with Gasteiger partial charge >= 0.3 is 0 Å². The normalized spacial score (nSPS) is 10.7. The van der Waals surface area contributed by atoms with Crippen molar-refractivity contribution in [2.24, 2.45) is 0 Å². The largest absolute Gasteiger partial charge is 0.489 e. The Bertz CT molecular complexity index is 627. The van der Waals surface area contributed by atoms with Crippen LogP contribution in [0.3, 0.4) is 0 Å². The van der Waals surface area contributed by atoms with E-state index in [-0.39, 0.29) is 5.91 Å². The van der Waals surface area contributed by atoms with E-state index in [9.17, 15) is 4.79 Å². The Morgan fingerprint density at radius 1 is 1.04 bits per heavy atom. The van der Waals surface area contributed by atoms with E-state index < -0.39 is 0 Å². The van der Waals surface area contributed by atoms with Gasteiger partial charge in [-0.05, 0) is 63.4 Å². The van der Waals surface area contributed by atoms with Gasteiger partial charge in [-0.2, -0.15) is 0 Å². The van der Waals surface area contributed by atoms with Crippen LogP contribution in [-0.2, 0) is 11.4 Å². The summed E-state index contributed by atoms with van der Waals surface area (Å²) in [5, 5.41) is 6.02. The van der Waals surface area contributed by atoms with E-state index in [1.54, 1.807) is 0 Å². The lowest BCUT2D eigenvalue weighted by atomic mass is 10.2. The number of carbonyl (C=O) groups excluding carboxylic acids is 1. The third-order valence-corrected chi connectivity index (χ3v) is 3.63. The van der Waals surface area contributed by atoms with Crippen molar-refractivity contribution in [3.63, 3.8) is 0 Å². The lowest BCUT2D eigenvalue weighted by molar-refractivity contribution is -0.115. The molecule has 0 radical (unpaired) electrons. The van der Waals surface area contributed by atoms with Gasteiger partial charge in [0.1, 0.15) is 12.4 Å². The maximum absolute atomic E-state index is 11.9. The summed E-state index contributed by atoms with van der Waals surface area (Å²) in [7, 11) is 4.08. The molecule has 0 aliphatic rings. The highest BCUT2D eigenvalue weighted by molar-refractivity contribution is 5.92. The first kappa shape index (κ1) is 19.0.